The van der Waals surface area contributed by atoms with Gasteiger partial charge in [-0.2, -0.15) is 5.10 Å². The summed E-state index contributed by atoms with van der Waals surface area (Å²) in [7, 11) is 0. The van der Waals surface area contributed by atoms with Gasteiger partial charge in [-0.15, -0.1) is 0 Å². The number of halogens is 1. The maximum Gasteiger partial charge on any atom is 0.127 e. The Balaban J connectivity index is 1.72. The Hall–Kier alpha value is -1.72. The number of hydrogen-bond donors (Lipinski definition) is 1. The van der Waals surface area contributed by atoms with Crippen molar-refractivity contribution in [3.63, 3.8) is 0 Å². The van der Waals surface area contributed by atoms with Crippen LogP contribution in [0.15, 0.2) is 24.3 Å². The van der Waals surface area contributed by atoms with Crippen molar-refractivity contribution in [2.24, 2.45) is 0 Å². The molecule has 0 bridgehead atoms. The molecule has 1 saturated heterocycles. The molecule has 5 heteroatoms. The first-order chi connectivity index (χ1) is 13.1. The number of rotatable bonds is 8. The van der Waals surface area contributed by atoms with Gasteiger partial charge in [-0.3, -0.25) is 4.68 Å². The van der Waals surface area contributed by atoms with E-state index in [4.69, 9.17) is 9.84 Å². The van der Waals surface area contributed by atoms with Crippen molar-refractivity contribution in [2.75, 3.05) is 19.8 Å². The first-order valence-electron chi connectivity index (χ1n) is 10.1. The normalized spacial score (nSPS) is 16.6. The Morgan fingerprint density at radius 1 is 1.22 bits per heavy atom. The predicted octanol–water partition coefficient (Wildman–Crippen LogP) is 4.28. The minimum atomic E-state index is -0.205. The zero-order valence-electron chi connectivity index (χ0n) is 16.9. The molecular formula is C22H32FN3O. The van der Waals surface area contributed by atoms with E-state index in [2.05, 4.69) is 30.8 Å². The third-order valence-electron chi connectivity index (χ3n) is 5.92. The molecule has 0 atom stereocenters. The molecule has 0 aliphatic carbocycles. The summed E-state index contributed by atoms with van der Waals surface area (Å²) in [6.07, 6.45) is 3.99. The molecule has 0 saturated carbocycles. The van der Waals surface area contributed by atoms with Crippen LogP contribution in [0.5, 0.6) is 0 Å². The van der Waals surface area contributed by atoms with Gasteiger partial charge in [0.1, 0.15) is 5.82 Å². The van der Waals surface area contributed by atoms with Crippen LogP contribution in [0, 0.1) is 19.7 Å². The number of aromatic nitrogens is 2. The fraction of sp³-hybridized carbons (Fsp3) is 0.591. The molecule has 1 aromatic carbocycles. The van der Waals surface area contributed by atoms with Gasteiger partial charge in [0.25, 0.3) is 0 Å². The molecule has 4 nitrogen and oxygen atoms in total. The second-order valence-electron chi connectivity index (χ2n) is 7.70. The van der Waals surface area contributed by atoms with E-state index in [0.29, 0.717) is 13.2 Å². The van der Waals surface area contributed by atoms with Crippen LogP contribution in [0.1, 0.15) is 55.1 Å². The van der Waals surface area contributed by atoms with Gasteiger partial charge < -0.3 is 10.1 Å². The number of hydrogen-bond acceptors (Lipinski definition) is 3. The summed E-state index contributed by atoms with van der Waals surface area (Å²) < 4.78 is 22.2. The van der Waals surface area contributed by atoms with Crippen LogP contribution >= 0.6 is 0 Å². The maximum absolute atomic E-state index is 14.5. The molecule has 1 aliphatic heterocycles. The van der Waals surface area contributed by atoms with Crippen LogP contribution in [0.4, 0.5) is 4.39 Å². The van der Waals surface area contributed by atoms with Crippen LogP contribution in [0.25, 0.3) is 0 Å². The molecule has 3 rings (SSSR count). The molecule has 2 heterocycles. The Labute approximate surface area is 162 Å². The van der Waals surface area contributed by atoms with Gasteiger partial charge in [-0.1, -0.05) is 31.5 Å². The molecule has 1 aliphatic rings. The number of benzene rings is 1. The van der Waals surface area contributed by atoms with E-state index in [1.54, 1.807) is 12.1 Å². The Kier molecular flexibility index (Phi) is 6.66. The largest absolute Gasteiger partial charge is 0.381 e. The number of nitrogens with zero attached hydrogens (tertiary/aromatic N) is 2. The molecule has 0 spiro atoms. The SMILES string of the molecule is CCCCn1nc(C)c(CNCC2(c3ccccc3F)CCOCC2)c1C. The van der Waals surface area contributed by atoms with Gasteiger partial charge in [0.2, 0.25) is 0 Å². The zero-order chi connectivity index (χ0) is 19.3. The predicted molar refractivity (Wildman–Crippen MR) is 106 cm³/mol. The third-order valence-corrected chi connectivity index (χ3v) is 5.92. The van der Waals surface area contributed by atoms with Gasteiger partial charge in [-0.05, 0) is 44.7 Å². The summed E-state index contributed by atoms with van der Waals surface area (Å²) in [5.74, 6) is -0.110. The van der Waals surface area contributed by atoms with Crippen LogP contribution in [0.3, 0.4) is 0 Å². The molecule has 0 unspecified atom stereocenters. The lowest BCUT2D eigenvalue weighted by Gasteiger charge is -2.38. The number of unbranched alkanes of at least 4 members (excludes halogenated alkanes) is 1. The van der Waals surface area contributed by atoms with Crippen LogP contribution in [-0.4, -0.2) is 29.5 Å². The molecular weight excluding hydrogens is 341 g/mol. The van der Waals surface area contributed by atoms with Crippen molar-refractivity contribution in [2.45, 2.75) is 65.0 Å². The maximum atomic E-state index is 14.5. The minimum Gasteiger partial charge on any atom is -0.381 e. The quantitative estimate of drug-likeness (QED) is 0.751. The van der Waals surface area contributed by atoms with E-state index in [1.807, 2.05) is 12.1 Å². The van der Waals surface area contributed by atoms with E-state index in [0.717, 1.165) is 50.2 Å². The van der Waals surface area contributed by atoms with Crippen molar-refractivity contribution in [3.05, 3.63) is 52.6 Å². The molecule has 0 radical (unpaired) electrons. The third kappa shape index (κ3) is 4.41. The summed E-state index contributed by atoms with van der Waals surface area (Å²) in [4.78, 5) is 0. The van der Waals surface area contributed by atoms with Gasteiger partial charge in [0, 0.05) is 49.5 Å². The van der Waals surface area contributed by atoms with Crippen molar-refractivity contribution in [3.8, 4) is 0 Å². The van der Waals surface area contributed by atoms with E-state index in [9.17, 15) is 4.39 Å². The van der Waals surface area contributed by atoms with Gasteiger partial charge in [-0.25, -0.2) is 4.39 Å². The standard InChI is InChI=1S/C22H32FN3O/c1-4-5-12-26-18(3)19(17(2)25-26)15-24-16-22(10-13-27-14-11-22)20-8-6-7-9-21(20)23/h6-9,24H,4-5,10-16H2,1-3H3. The summed E-state index contributed by atoms with van der Waals surface area (Å²) in [5, 5.41) is 8.31. The summed E-state index contributed by atoms with van der Waals surface area (Å²) in [6.45, 7) is 10.3. The van der Waals surface area contributed by atoms with Crippen molar-refractivity contribution < 1.29 is 9.13 Å². The van der Waals surface area contributed by atoms with E-state index >= 15 is 0 Å². The highest BCUT2D eigenvalue weighted by molar-refractivity contribution is 5.29. The van der Waals surface area contributed by atoms with Crippen LogP contribution < -0.4 is 5.32 Å². The summed E-state index contributed by atoms with van der Waals surface area (Å²) >= 11 is 0. The van der Waals surface area contributed by atoms with Crippen molar-refractivity contribution in [1.82, 2.24) is 15.1 Å². The smallest absolute Gasteiger partial charge is 0.127 e. The number of ether oxygens (including phenoxy) is 1. The van der Waals surface area contributed by atoms with Gasteiger partial charge in [0.05, 0.1) is 5.69 Å². The van der Waals surface area contributed by atoms with Gasteiger partial charge >= 0.3 is 0 Å². The highest BCUT2D eigenvalue weighted by atomic mass is 19.1. The first kappa shape index (κ1) is 20.0. The van der Waals surface area contributed by atoms with Gasteiger partial charge in [0.15, 0.2) is 0 Å². The van der Waals surface area contributed by atoms with Crippen LogP contribution in [-0.2, 0) is 23.2 Å². The Morgan fingerprint density at radius 3 is 2.67 bits per heavy atom. The average molecular weight is 374 g/mol. The van der Waals surface area contributed by atoms with E-state index in [-0.39, 0.29) is 11.2 Å². The zero-order valence-corrected chi connectivity index (χ0v) is 16.9. The molecule has 1 aromatic heterocycles. The number of nitrogens with one attached hydrogen (secondary N) is 1. The topological polar surface area (TPSA) is 39.1 Å². The first-order valence-corrected chi connectivity index (χ1v) is 10.1. The van der Waals surface area contributed by atoms with Crippen molar-refractivity contribution >= 4 is 0 Å². The fourth-order valence-electron chi connectivity index (χ4n) is 4.14. The average Bonchev–Trinajstić information content (AvgIpc) is 2.95. The lowest BCUT2D eigenvalue weighted by Crippen LogP contribution is -2.43. The van der Waals surface area contributed by atoms with Crippen LogP contribution in [0.2, 0.25) is 0 Å². The number of aryl methyl sites for hydroxylation is 2. The molecule has 1 N–H and O–H groups in total. The molecule has 1 fully saturated rings. The Morgan fingerprint density at radius 2 is 1.96 bits per heavy atom. The highest BCUT2D eigenvalue weighted by Gasteiger charge is 2.36. The van der Waals surface area contributed by atoms with E-state index < -0.39 is 0 Å². The summed E-state index contributed by atoms with van der Waals surface area (Å²) in [5.41, 5.74) is 4.20. The van der Waals surface area contributed by atoms with Crippen molar-refractivity contribution in [1.29, 1.82) is 0 Å². The molecule has 27 heavy (non-hydrogen) atoms. The fourth-order valence-corrected chi connectivity index (χ4v) is 4.14. The minimum absolute atomic E-state index is 0.110. The second-order valence-corrected chi connectivity index (χ2v) is 7.70. The molecule has 0 amide bonds. The molecule has 148 valence electrons. The Bertz CT molecular complexity index is 750. The van der Waals surface area contributed by atoms with E-state index in [1.165, 1.54) is 17.7 Å². The monoisotopic (exact) mass is 373 g/mol. The highest BCUT2D eigenvalue weighted by Crippen LogP contribution is 2.35. The summed E-state index contributed by atoms with van der Waals surface area (Å²) in [6, 6.07) is 7.19. The second kappa shape index (κ2) is 8.98. The molecule has 2 aromatic rings. The lowest BCUT2D eigenvalue weighted by atomic mass is 9.74. The lowest BCUT2D eigenvalue weighted by molar-refractivity contribution is 0.0485.